The van der Waals surface area contributed by atoms with Gasteiger partial charge in [0.15, 0.2) is 0 Å². The molecule has 0 spiro atoms. The molecular formula is C17H30N2O2. The molecule has 4 nitrogen and oxygen atoms in total. The molecule has 120 valence electrons. The van der Waals surface area contributed by atoms with Crippen LogP contribution < -0.4 is 5.32 Å². The van der Waals surface area contributed by atoms with E-state index in [1.807, 2.05) is 0 Å². The lowest BCUT2D eigenvalue weighted by Gasteiger charge is -2.38. The molecule has 3 rings (SSSR count). The molecule has 1 unspecified atom stereocenters. The Balaban J connectivity index is 1.71. The number of methoxy groups -OCH3 is 1. The quantitative estimate of drug-likeness (QED) is 0.763. The summed E-state index contributed by atoms with van der Waals surface area (Å²) in [7, 11) is 1.54. The highest BCUT2D eigenvalue weighted by Gasteiger charge is 2.54. The molecule has 0 aromatic carbocycles. The van der Waals surface area contributed by atoms with Gasteiger partial charge < -0.3 is 9.64 Å². The second kappa shape index (κ2) is 6.66. The predicted octanol–water partition coefficient (Wildman–Crippen LogP) is 2.33. The van der Waals surface area contributed by atoms with Gasteiger partial charge in [-0.3, -0.25) is 5.32 Å². The summed E-state index contributed by atoms with van der Waals surface area (Å²) in [5.74, 6) is 0.454. The molecule has 0 amide bonds. The summed E-state index contributed by atoms with van der Waals surface area (Å²) < 4.78 is 5.22. The van der Waals surface area contributed by atoms with Crippen LogP contribution in [0, 0.1) is 5.92 Å². The summed E-state index contributed by atoms with van der Waals surface area (Å²) in [5.41, 5.74) is -0.435. The number of hydrogen-bond acceptors (Lipinski definition) is 4. The Kier molecular flexibility index (Phi) is 4.85. The number of ether oxygens (including phenoxy) is 1. The molecule has 0 aromatic rings. The lowest BCUT2D eigenvalue weighted by molar-refractivity contribution is -0.151. The van der Waals surface area contributed by atoms with Crippen LogP contribution in [-0.2, 0) is 9.53 Å². The van der Waals surface area contributed by atoms with Gasteiger partial charge in [-0.2, -0.15) is 0 Å². The van der Waals surface area contributed by atoms with E-state index in [1.165, 1.54) is 57.8 Å². The first-order valence-electron chi connectivity index (χ1n) is 8.83. The van der Waals surface area contributed by atoms with Gasteiger partial charge in [-0.1, -0.05) is 19.3 Å². The van der Waals surface area contributed by atoms with Gasteiger partial charge in [-0.25, -0.2) is 4.79 Å². The summed E-state index contributed by atoms with van der Waals surface area (Å²) in [5, 5.41) is 3.68. The first kappa shape index (κ1) is 15.3. The molecular weight excluding hydrogens is 264 g/mol. The van der Waals surface area contributed by atoms with E-state index in [1.54, 1.807) is 7.11 Å². The van der Waals surface area contributed by atoms with Crippen molar-refractivity contribution in [3.05, 3.63) is 0 Å². The maximum Gasteiger partial charge on any atom is 0.327 e. The number of nitrogens with zero attached hydrogens (tertiary/aromatic N) is 1. The highest BCUT2D eigenvalue weighted by atomic mass is 16.5. The summed E-state index contributed by atoms with van der Waals surface area (Å²) in [6.45, 7) is 3.12. The second-order valence-electron chi connectivity index (χ2n) is 7.20. The molecule has 1 saturated heterocycles. The van der Waals surface area contributed by atoms with Crippen LogP contribution in [0.25, 0.3) is 0 Å². The van der Waals surface area contributed by atoms with Crippen molar-refractivity contribution in [2.75, 3.05) is 26.7 Å². The topological polar surface area (TPSA) is 41.6 Å². The lowest BCUT2D eigenvalue weighted by atomic mass is 9.91. The zero-order chi connectivity index (χ0) is 14.7. The van der Waals surface area contributed by atoms with Crippen LogP contribution in [0.4, 0.5) is 0 Å². The van der Waals surface area contributed by atoms with Crippen molar-refractivity contribution in [1.29, 1.82) is 0 Å². The first-order chi connectivity index (χ1) is 10.2. The van der Waals surface area contributed by atoms with Gasteiger partial charge in [0.1, 0.15) is 5.54 Å². The van der Waals surface area contributed by atoms with Crippen LogP contribution >= 0.6 is 0 Å². The molecule has 1 heterocycles. The fourth-order valence-electron chi connectivity index (χ4n) is 3.76. The van der Waals surface area contributed by atoms with E-state index in [9.17, 15) is 4.79 Å². The molecule has 1 atom stereocenters. The maximum absolute atomic E-state index is 12.6. The molecule has 0 aromatic heterocycles. The molecule has 2 aliphatic carbocycles. The predicted molar refractivity (Wildman–Crippen MR) is 83.2 cm³/mol. The van der Waals surface area contributed by atoms with Gasteiger partial charge in [0.2, 0.25) is 0 Å². The van der Waals surface area contributed by atoms with E-state index in [4.69, 9.17) is 4.74 Å². The molecule has 0 bridgehead atoms. The lowest BCUT2D eigenvalue weighted by Crippen LogP contribution is -2.62. The summed E-state index contributed by atoms with van der Waals surface area (Å²) in [6.07, 6.45) is 11.3. The van der Waals surface area contributed by atoms with Crippen LogP contribution in [0.2, 0.25) is 0 Å². The molecule has 4 heteroatoms. The monoisotopic (exact) mass is 294 g/mol. The zero-order valence-electron chi connectivity index (χ0n) is 13.4. The third-order valence-electron chi connectivity index (χ3n) is 5.28. The fourth-order valence-corrected chi connectivity index (χ4v) is 3.76. The zero-order valence-corrected chi connectivity index (χ0v) is 13.4. The first-order valence-corrected chi connectivity index (χ1v) is 8.83. The van der Waals surface area contributed by atoms with E-state index in [0.717, 1.165) is 19.6 Å². The second-order valence-corrected chi connectivity index (χ2v) is 7.20. The van der Waals surface area contributed by atoms with E-state index >= 15 is 0 Å². The normalized spacial score (nSPS) is 27.5. The Morgan fingerprint density at radius 2 is 1.71 bits per heavy atom. The summed E-state index contributed by atoms with van der Waals surface area (Å²) >= 11 is 0. The van der Waals surface area contributed by atoms with Gasteiger partial charge in [-0.05, 0) is 57.5 Å². The van der Waals surface area contributed by atoms with Gasteiger partial charge in [0.25, 0.3) is 0 Å². The number of nitrogens with one attached hydrogen (secondary N) is 1. The average molecular weight is 294 g/mol. The van der Waals surface area contributed by atoms with Gasteiger partial charge >= 0.3 is 5.97 Å². The van der Waals surface area contributed by atoms with Crippen LogP contribution in [0.15, 0.2) is 0 Å². The maximum atomic E-state index is 12.6. The summed E-state index contributed by atoms with van der Waals surface area (Å²) in [4.78, 5) is 15.1. The third kappa shape index (κ3) is 3.78. The van der Waals surface area contributed by atoms with Crippen molar-refractivity contribution in [2.45, 2.75) is 69.4 Å². The van der Waals surface area contributed by atoms with E-state index in [0.29, 0.717) is 12.0 Å². The van der Waals surface area contributed by atoms with Crippen molar-refractivity contribution in [3.8, 4) is 0 Å². The Morgan fingerprint density at radius 1 is 1.10 bits per heavy atom. The highest BCUT2D eigenvalue weighted by molar-refractivity contribution is 5.82. The average Bonchev–Trinajstić information content (AvgIpc) is 3.32. The number of esters is 1. The van der Waals surface area contributed by atoms with Crippen LogP contribution in [0.1, 0.15) is 57.8 Å². The molecule has 1 aliphatic heterocycles. The SMILES string of the molecule is COC(=O)C(CN1CCCCCCC1)(NC1CC1)C1CC1. The van der Waals surface area contributed by atoms with Crippen molar-refractivity contribution in [2.24, 2.45) is 5.92 Å². The molecule has 3 fully saturated rings. The van der Waals surface area contributed by atoms with Crippen molar-refractivity contribution < 1.29 is 9.53 Å². The van der Waals surface area contributed by atoms with Gasteiger partial charge in [0.05, 0.1) is 7.11 Å². The number of carbonyl (C=O) groups is 1. The fraction of sp³-hybridized carbons (Fsp3) is 0.941. The third-order valence-corrected chi connectivity index (χ3v) is 5.28. The number of rotatable bonds is 6. The van der Waals surface area contributed by atoms with Crippen molar-refractivity contribution >= 4 is 5.97 Å². The van der Waals surface area contributed by atoms with Gasteiger partial charge in [0, 0.05) is 12.6 Å². The van der Waals surface area contributed by atoms with E-state index in [2.05, 4.69) is 10.2 Å². The molecule has 2 saturated carbocycles. The highest BCUT2D eigenvalue weighted by Crippen LogP contribution is 2.43. The van der Waals surface area contributed by atoms with E-state index in [-0.39, 0.29) is 5.97 Å². The Hall–Kier alpha value is -0.610. The number of likely N-dealkylation sites (tertiary alicyclic amines) is 1. The molecule has 1 N–H and O–H groups in total. The largest absolute Gasteiger partial charge is 0.468 e. The number of carbonyl (C=O) groups excluding carboxylic acids is 1. The van der Waals surface area contributed by atoms with Crippen molar-refractivity contribution in [1.82, 2.24) is 10.2 Å². The van der Waals surface area contributed by atoms with Crippen LogP contribution in [0.3, 0.4) is 0 Å². The van der Waals surface area contributed by atoms with Crippen LogP contribution in [0.5, 0.6) is 0 Å². The van der Waals surface area contributed by atoms with Gasteiger partial charge in [-0.15, -0.1) is 0 Å². The minimum atomic E-state index is -0.435. The minimum Gasteiger partial charge on any atom is -0.468 e. The Bertz CT molecular complexity index is 358. The standard InChI is InChI=1S/C17H30N2O2/c1-21-16(20)17(14-7-8-14,18-15-9-10-15)13-19-11-5-3-2-4-6-12-19/h14-15,18H,2-13H2,1H3. The Labute approximate surface area is 128 Å². The Morgan fingerprint density at radius 3 is 2.24 bits per heavy atom. The summed E-state index contributed by atoms with van der Waals surface area (Å²) in [6, 6.07) is 0.541. The molecule has 0 radical (unpaired) electrons. The number of hydrogen-bond donors (Lipinski definition) is 1. The smallest absolute Gasteiger partial charge is 0.327 e. The van der Waals surface area contributed by atoms with E-state index < -0.39 is 5.54 Å². The molecule has 21 heavy (non-hydrogen) atoms. The molecule has 3 aliphatic rings. The van der Waals surface area contributed by atoms with Crippen LogP contribution in [-0.4, -0.2) is 49.2 Å². The van der Waals surface area contributed by atoms with Crippen molar-refractivity contribution in [3.63, 3.8) is 0 Å². The minimum absolute atomic E-state index is 0.0287.